The van der Waals surface area contributed by atoms with Crippen molar-refractivity contribution in [3.8, 4) is 0 Å². The Morgan fingerprint density at radius 2 is 2.60 bits per heavy atom. The first-order chi connectivity index (χ1) is 7.19. The average Bonchev–Trinajstić information content (AvgIpc) is 2.22. The highest BCUT2D eigenvalue weighted by atomic mass is 32.2. The molecule has 0 aromatic rings. The molecule has 0 amide bonds. The molecule has 0 radical (unpaired) electrons. The largest absolute Gasteiger partial charge is 0.461 e. The van der Waals surface area contributed by atoms with Crippen molar-refractivity contribution in [3.05, 3.63) is 12.7 Å². The highest BCUT2D eigenvalue weighted by Crippen LogP contribution is 2.08. The van der Waals surface area contributed by atoms with Gasteiger partial charge in [-0.3, -0.25) is 5.73 Å². The smallest absolute Gasteiger partial charge is 0.357 e. The number of carbonyl (C=O) groups excluding carboxylic acids is 1. The molecule has 0 unspecified atom stereocenters. The zero-order valence-electron chi connectivity index (χ0n) is 8.60. The van der Waals surface area contributed by atoms with E-state index < -0.39 is 0 Å². The van der Waals surface area contributed by atoms with Crippen LogP contribution in [0, 0.1) is 0 Å². The number of rotatable bonds is 4. The van der Waals surface area contributed by atoms with Crippen LogP contribution in [0.25, 0.3) is 0 Å². The predicted octanol–water partition coefficient (Wildman–Crippen LogP) is 0.165. The maximum Gasteiger partial charge on any atom is 0.357 e. The van der Waals surface area contributed by atoms with Crippen LogP contribution in [0.4, 0.5) is 0 Å². The van der Waals surface area contributed by atoms with Gasteiger partial charge in [0.15, 0.2) is 5.71 Å². The Morgan fingerprint density at radius 3 is 3.20 bits per heavy atom. The van der Waals surface area contributed by atoms with Gasteiger partial charge in [0.05, 0.1) is 12.4 Å². The molecule has 0 aromatic heterocycles. The van der Waals surface area contributed by atoms with Crippen LogP contribution < -0.4 is 5.73 Å². The third kappa shape index (κ3) is 3.09. The summed E-state index contributed by atoms with van der Waals surface area (Å²) in [5.41, 5.74) is 6.09. The summed E-state index contributed by atoms with van der Waals surface area (Å²) in [7, 11) is 0. The van der Waals surface area contributed by atoms with Gasteiger partial charge in [0.1, 0.15) is 6.54 Å². The summed E-state index contributed by atoms with van der Waals surface area (Å²) < 4.78 is 6.39. The summed E-state index contributed by atoms with van der Waals surface area (Å²) in [4.78, 5) is 11.4. The van der Waals surface area contributed by atoms with E-state index in [1.165, 1.54) is 16.4 Å². The second-order valence-corrected chi connectivity index (χ2v) is 3.76. The van der Waals surface area contributed by atoms with Gasteiger partial charge >= 0.3 is 11.1 Å². The number of hydrogen-bond acceptors (Lipinski definition) is 5. The fourth-order valence-corrected chi connectivity index (χ4v) is 1.73. The summed E-state index contributed by atoms with van der Waals surface area (Å²) in [5.74, 6) is 0.0738. The second kappa shape index (κ2) is 5.55. The fourth-order valence-electron chi connectivity index (χ4n) is 1.01. The van der Waals surface area contributed by atoms with Crippen LogP contribution in [-0.4, -0.2) is 40.4 Å². The highest BCUT2D eigenvalue weighted by Gasteiger charge is 2.23. The van der Waals surface area contributed by atoms with E-state index in [9.17, 15) is 4.79 Å². The molecule has 0 aliphatic carbocycles. The molecule has 0 aromatic carbocycles. The normalized spacial score (nSPS) is 15.9. The lowest BCUT2D eigenvalue weighted by atomic mass is 10.4. The molecular formula is C9H14N3O2S+. The first-order valence-corrected chi connectivity index (χ1v) is 5.55. The number of hydrazone groups is 1. The Morgan fingerprint density at radius 1 is 1.87 bits per heavy atom. The van der Waals surface area contributed by atoms with Crippen molar-refractivity contribution in [1.82, 2.24) is 0 Å². The number of hydrogen-bond donors (Lipinski definition) is 1. The van der Waals surface area contributed by atoms with Crippen molar-refractivity contribution >= 4 is 28.6 Å². The van der Waals surface area contributed by atoms with Gasteiger partial charge in [-0.1, -0.05) is 11.7 Å². The van der Waals surface area contributed by atoms with Crippen molar-refractivity contribution < 1.29 is 14.2 Å². The molecule has 0 bridgehead atoms. The Balaban J connectivity index is 2.80. The van der Waals surface area contributed by atoms with Crippen LogP contribution in [0.1, 0.15) is 6.92 Å². The molecule has 5 nitrogen and oxygen atoms in total. The summed E-state index contributed by atoms with van der Waals surface area (Å²) in [6.45, 7) is 6.19. The lowest BCUT2D eigenvalue weighted by Gasteiger charge is -2.10. The minimum Gasteiger partial charge on any atom is -0.461 e. The Bertz CT molecular complexity index is 336. The third-order valence-electron chi connectivity index (χ3n) is 1.67. The van der Waals surface area contributed by atoms with Crippen LogP contribution in [0.3, 0.4) is 0 Å². The molecular weight excluding hydrogens is 214 g/mol. The van der Waals surface area contributed by atoms with Crippen molar-refractivity contribution in [2.24, 2.45) is 10.8 Å². The molecule has 2 N–H and O–H groups in total. The van der Waals surface area contributed by atoms with Gasteiger partial charge in [-0.15, -0.1) is 4.68 Å². The monoisotopic (exact) mass is 228 g/mol. The summed E-state index contributed by atoms with van der Waals surface area (Å²) in [6.07, 6.45) is 1.67. The van der Waals surface area contributed by atoms with Gasteiger partial charge in [0.2, 0.25) is 0 Å². The molecule has 1 heterocycles. The highest BCUT2D eigenvalue weighted by molar-refractivity contribution is 8.14. The zero-order chi connectivity index (χ0) is 11.3. The minimum absolute atomic E-state index is 0.350. The Hall–Kier alpha value is -1.30. The van der Waals surface area contributed by atoms with E-state index >= 15 is 0 Å². The van der Waals surface area contributed by atoms with Crippen LogP contribution in [0.5, 0.6) is 0 Å². The van der Waals surface area contributed by atoms with Crippen LogP contribution in [-0.2, 0) is 9.53 Å². The number of amidine groups is 1. The fraction of sp³-hybridized carbons (Fsp3) is 0.444. The molecule has 15 heavy (non-hydrogen) atoms. The van der Waals surface area contributed by atoms with Gasteiger partial charge in [-0.2, -0.15) is 0 Å². The predicted molar refractivity (Wildman–Crippen MR) is 61.0 cm³/mol. The Kier molecular flexibility index (Phi) is 4.36. The molecule has 82 valence electrons. The van der Waals surface area contributed by atoms with Crippen molar-refractivity contribution in [2.45, 2.75) is 6.92 Å². The molecule has 0 saturated heterocycles. The quantitative estimate of drug-likeness (QED) is 0.423. The van der Waals surface area contributed by atoms with E-state index in [0.29, 0.717) is 29.8 Å². The van der Waals surface area contributed by atoms with Crippen LogP contribution >= 0.6 is 11.8 Å². The number of thioether (sulfide) groups is 1. The molecule has 0 atom stereocenters. The van der Waals surface area contributed by atoms with E-state index in [1.54, 1.807) is 13.0 Å². The van der Waals surface area contributed by atoms with E-state index in [2.05, 4.69) is 11.7 Å². The summed E-state index contributed by atoms with van der Waals surface area (Å²) in [6, 6.07) is 0. The SMILES string of the molecule is C=CC[N+]1=C(N)SCC(C(=O)OCC)=N1. The average molecular weight is 228 g/mol. The van der Waals surface area contributed by atoms with Crippen molar-refractivity contribution in [3.63, 3.8) is 0 Å². The summed E-state index contributed by atoms with van der Waals surface area (Å²) >= 11 is 1.37. The van der Waals surface area contributed by atoms with Gasteiger partial charge in [0.25, 0.3) is 0 Å². The molecule has 0 saturated carbocycles. The molecule has 6 heteroatoms. The molecule has 1 rings (SSSR count). The maximum absolute atomic E-state index is 11.4. The van der Waals surface area contributed by atoms with Gasteiger partial charge in [0, 0.05) is 0 Å². The molecule has 0 fully saturated rings. The number of ether oxygens (including phenoxy) is 1. The van der Waals surface area contributed by atoms with E-state index in [-0.39, 0.29) is 5.97 Å². The lowest BCUT2D eigenvalue weighted by molar-refractivity contribution is -0.521. The minimum atomic E-state index is -0.383. The molecule has 1 aliphatic rings. The maximum atomic E-state index is 11.4. The van der Waals surface area contributed by atoms with E-state index in [0.717, 1.165) is 0 Å². The van der Waals surface area contributed by atoms with Crippen molar-refractivity contribution in [1.29, 1.82) is 0 Å². The number of nitrogens with zero attached hydrogens (tertiary/aromatic N) is 2. The third-order valence-corrected chi connectivity index (χ3v) is 2.59. The van der Waals surface area contributed by atoms with Crippen molar-refractivity contribution in [2.75, 3.05) is 18.9 Å². The first kappa shape index (κ1) is 11.8. The zero-order valence-corrected chi connectivity index (χ0v) is 9.42. The molecule has 0 spiro atoms. The number of esters is 1. The summed E-state index contributed by atoms with van der Waals surface area (Å²) in [5, 5.41) is 4.66. The lowest BCUT2D eigenvalue weighted by Crippen LogP contribution is -2.33. The van der Waals surface area contributed by atoms with Crippen LogP contribution in [0.2, 0.25) is 0 Å². The topological polar surface area (TPSA) is 67.7 Å². The van der Waals surface area contributed by atoms with E-state index in [4.69, 9.17) is 10.5 Å². The van der Waals surface area contributed by atoms with Gasteiger partial charge in [-0.05, 0) is 24.8 Å². The standard InChI is InChI=1S/C9H13N3O2S/c1-3-5-12-9(10)15-6-7(11-12)8(13)14-4-2/h3,10H,1,4-6H2,2H3/p+1. The van der Waals surface area contributed by atoms with Gasteiger partial charge < -0.3 is 4.74 Å². The van der Waals surface area contributed by atoms with Gasteiger partial charge in [-0.25, -0.2) is 4.79 Å². The second-order valence-electron chi connectivity index (χ2n) is 2.76. The van der Waals surface area contributed by atoms with E-state index in [1.807, 2.05) is 0 Å². The number of carbonyl (C=O) groups is 1. The number of nitrogens with two attached hydrogens (primary N) is 1. The molecule has 1 aliphatic heterocycles. The Labute approximate surface area is 92.7 Å². The first-order valence-electron chi connectivity index (χ1n) is 4.57. The van der Waals surface area contributed by atoms with Crippen LogP contribution in [0.15, 0.2) is 17.8 Å².